The van der Waals surface area contributed by atoms with E-state index in [2.05, 4.69) is 50.5 Å². The average molecular weight is 432 g/mol. The topological polar surface area (TPSA) is 9.23 Å². The minimum atomic E-state index is -1.61. The Morgan fingerprint density at radius 1 is 1.00 bits per heavy atom. The highest BCUT2D eigenvalue weighted by Crippen LogP contribution is 2.43. The van der Waals surface area contributed by atoms with E-state index in [0.717, 1.165) is 12.3 Å². The molecule has 0 bridgehead atoms. The third-order valence-electron chi connectivity index (χ3n) is 5.92. The van der Waals surface area contributed by atoms with E-state index in [1.807, 2.05) is 0 Å². The van der Waals surface area contributed by atoms with Gasteiger partial charge in [-0.25, -0.2) is 0 Å². The molecule has 0 spiro atoms. The van der Waals surface area contributed by atoms with Crippen molar-refractivity contribution >= 4 is 24.2 Å². The van der Waals surface area contributed by atoms with Crippen LogP contribution in [0.3, 0.4) is 0 Å². The molecular weight excluding hydrogens is 388 g/mol. The zero-order valence-corrected chi connectivity index (χ0v) is 20.2. The van der Waals surface area contributed by atoms with Crippen molar-refractivity contribution < 1.29 is 4.43 Å². The summed E-state index contributed by atoms with van der Waals surface area (Å²) in [5.41, 5.74) is 0. The molecule has 3 heteroatoms. The van der Waals surface area contributed by atoms with Crippen LogP contribution in [-0.2, 0) is 4.43 Å². The Morgan fingerprint density at radius 3 is 2.12 bits per heavy atom. The molecule has 0 aromatic carbocycles. The summed E-state index contributed by atoms with van der Waals surface area (Å²) in [4.78, 5) is 0. The quantitative estimate of drug-likeness (QED) is 0.209. The van der Waals surface area contributed by atoms with E-state index < -0.39 is 8.32 Å². The van der Waals surface area contributed by atoms with Crippen molar-refractivity contribution in [2.45, 2.75) is 117 Å². The zero-order chi connectivity index (χ0) is 18.7. The predicted molar refractivity (Wildman–Crippen MR) is 119 cm³/mol. The van der Waals surface area contributed by atoms with Gasteiger partial charge in [-0.3, -0.25) is 0 Å². The molecule has 0 aliphatic heterocycles. The van der Waals surface area contributed by atoms with Crippen molar-refractivity contribution in [3.8, 4) is 0 Å². The normalized spacial score (nSPS) is 20.0. The number of halogens is 1. The van der Waals surface area contributed by atoms with Crippen molar-refractivity contribution in [2.75, 3.05) is 0 Å². The smallest absolute Gasteiger partial charge is 0.250 e. The van der Waals surface area contributed by atoms with E-state index in [1.165, 1.54) is 86.2 Å². The van der Waals surface area contributed by atoms with Gasteiger partial charge in [0, 0.05) is 10.9 Å². The summed E-state index contributed by atoms with van der Waals surface area (Å²) in [5.74, 6) is 2.82. The molecule has 0 aromatic heterocycles. The fourth-order valence-electron chi connectivity index (χ4n) is 4.64. The molecule has 0 radical (unpaired) electrons. The van der Waals surface area contributed by atoms with Gasteiger partial charge in [-0.2, -0.15) is 0 Å². The van der Waals surface area contributed by atoms with Crippen LogP contribution in [0, 0.1) is 11.8 Å². The van der Waals surface area contributed by atoms with Crippen LogP contribution in [0.15, 0.2) is 10.2 Å². The van der Waals surface area contributed by atoms with Gasteiger partial charge < -0.3 is 4.43 Å². The fourth-order valence-corrected chi connectivity index (χ4v) is 10.3. The molecule has 0 saturated heterocycles. The van der Waals surface area contributed by atoms with E-state index in [0.29, 0.717) is 5.92 Å². The van der Waals surface area contributed by atoms with Crippen LogP contribution >= 0.6 is 15.9 Å². The Kier molecular flexibility index (Phi) is 11.7. The fraction of sp³-hybridized carbons (Fsp3) is 0.909. The summed E-state index contributed by atoms with van der Waals surface area (Å²) in [6.07, 6.45) is 13.1. The largest absolute Gasteiger partial charge is 0.546 e. The van der Waals surface area contributed by atoms with Crippen molar-refractivity contribution in [3.63, 3.8) is 0 Å². The highest BCUT2D eigenvalue weighted by molar-refractivity contribution is 9.11. The maximum Gasteiger partial charge on any atom is 0.250 e. The van der Waals surface area contributed by atoms with Gasteiger partial charge in [0.25, 0.3) is 8.32 Å². The number of unbranched alkanes of at least 4 members (excludes halogenated alkanes) is 2. The summed E-state index contributed by atoms with van der Waals surface area (Å²) in [6.45, 7) is 11.8. The Morgan fingerprint density at radius 2 is 1.60 bits per heavy atom. The second-order valence-corrected chi connectivity index (χ2v) is 13.2. The van der Waals surface area contributed by atoms with E-state index in [4.69, 9.17) is 4.43 Å². The van der Waals surface area contributed by atoms with Crippen LogP contribution in [0.5, 0.6) is 0 Å². The van der Waals surface area contributed by atoms with Crippen molar-refractivity contribution in [3.05, 3.63) is 10.2 Å². The van der Waals surface area contributed by atoms with Crippen LogP contribution in [-0.4, -0.2) is 8.32 Å². The van der Waals surface area contributed by atoms with Crippen molar-refractivity contribution in [1.82, 2.24) is 0 Å². The lowest BCUT2D eigenvalue weighted by Gasteiger charge is -2.37. The van der Waals surface area contributed by atoms with E-state index in [9.17, 15) is 0 Å². The van der Waals surface area contributed by atoms with Crippen LogP contribution in [0.4, 0.5) is 0 Å². The lowest BCUT2D eigenvalue weighted by molar-refractivity contribution is 0.294. The molecule has 1 aliphatic carbocycles. The first-order valence-electron chi connectivity index (χ1n) is 11.1. The summed E-state index contributed by atoms with van der Waals surface area (Å²) >= 11 is 4.01. The molecule has 0 aromatic rings. The highest BCUT2D eigenvalue weighted by Gasteiger charge is 2.37. The Bertz CT molecular complexity index is 376. The van der Waals surface area contributed by atoms with Gasteiger partial charge in [-0.15, -0.1) is 0 Å². The minimum absolute atomic E-state index is 0.692. The SMILES string of the molecule is CCCCCC(C)C1CCCC(O[Si](CCC)(CCC)CCC)=C1Br. The van der Waals surface area contributed by atoms with Gasteiger partial charge in [-0.05, 0) is 42.8 Å². The molecular formula is C22H43BrOSi. The van der Waals surface area contributed by atoms with Gasteiger partial charge in [0.05, 0.1) is 5.76 Å². The Labute approximate surface area is 167 Å². The molecule has 1 aliphatic rings. The predicted octanol–water partition coefficient (Wildman–Crippen LogP) is 8.80. The van der Waals surface area contributed by atoms with Gasteiger partial charge in [0.15, 0.2) is 0 Å². The van der Waals surface area contributed by atoms with Gasteiger partial charge in [0.2, 0.25) is 0 Å². The summed E-state index contributed by atoms with van der Waals surface area (Å²) in [6, 6.07) is 3.99. The Balaban J connectivity index is 2.89. The Hall–Kier alpha value is 0.237. The summed E-state index contributed by atoms with van der Waals surface area (Å²) in [5, 5.41) is 0. The van der Waals surface area contributed by atoms with Crippen LogP contribution in [0.2, 0.25) is 18.1 Å². The van der Waals surface area contributed by atoms with Crippen LogP contribution in [0.1, 0.15) is 98.8 Å². The third kappa shape index (κ3) is 7.40. The monoisotopic (exact) mass is 430 g/mol. The molecule has 0 saturated carbocycles. The maximum absolute atomic E-state index is 6.99. The molecule has 0 N–H and O–H groups in total. The molecule has 2 unspecified atom stereocenters. The maximum atomic E-state index is 6.99. The lowest BCUT2D eigenvalue weighted by atomic mass is 9.82. The zero-order valence-electron chi connectivity index (χ0n) is 17.6. The van der Waals surface area contributed by atoms with Gasteiger partial charge in [-0.1, -0.05) is 95.5 Å². The summed E-state index contributed by atoms with van der Waals surface area (Å²) < 4.78 is 8.42. The van der Waals surface area contributed by atoms with E-state index in [1.54, 1.807) is 0 Å². The summed E-state index contributed by atoms with van der Waals surface area (Å²) in [7, 11) is -1.61. The van der Waals surface area contributed by atoms with Crippen molar-refractivity contribution in [2.24, 2.45) is 11.8 Å². The first-order chi connectivity index (χ1) is 12.0. The number of hydrogen-bond acceptors (Lipinski definition) is 1. The van der Waals surface area contributed by atoms with E-state index >= 15 is 0 Å². The number of allylic oxidation sites excluding steroid dienone is 2. The number of hydrogen-bond donors (Lipinski definition) is 0. The molecule has 148 valence electrons. The molecule has 0 heterocycles. The van der Waals surface area contributed by atoms with Crippen LogP contribution < -0.4 is 0 Å². The third-order valence-corrected chi connectivity index (χ3v) is 11.9. The standard InChI is InChI=1S/C22H43BrOSi/c1-6-10-11-13-19(5)20-14-12-15-21(22(20)23)24-25(16-7-2,17-8-3)18-9-4/h19-20H,6-18H2,1-5H3. The molecule has 1 nitrogen and oxygen atoms in total. The highest BCUT2D eigenvalue weighted by atomic mass is 79.9. The second-order valence-electron chi connectivity index (χ2n) is 8.28. The average Bonchev–Trinajstić information content (AvgIpc) is 2.57. The molecule has 0 amide bonds. The molecule has 0 fully saturated rings. The minimum Gasteiger partial charge on any atom is -0.546 e. The van der Waals surface area contributed by atoms with Gasteiger partial charge in [0.1, 0.15) is 0 Å². The molecule has 25 heavy (non-hydrogen) atoms. The van der Waals surface area contributed by atoms with Gasteiger partial charge >= 0.3 is 0 Å². The molecule has 2 atom stereocenters. The number of rotatable bonds is 13. The second kappa shape index (κ2) is 12.6. The molecule has 1 rings (SSSR count). The lowest BCUT2D eigenvalue weighted by Crippen LogP contribution is -2.38. The van der Waals surface area contributed by atoms with E-state index in [-0.39, 0.29) is 0 Å². The van der Waals surface area contributed by atoms with Crippen LogP contribution in [0.25, 0.3) is 0 Å². The van der Waals surface area contributed by atoms with Crippen molar-refractivity contribution in [1.29, 1.82) is 0 Å². The first-order valence-corrected chi connectivity index (χ1v) is 14.4. The first kappa shape index (κ1) is 23.3.